The summed E-state index contributed by atoms with van der Waals surface area (Å²) in [6.07, 6.45) is 2.04. The van der Waals surface area contributed by atoms with E-state index in [1.165, 1.54) is 5.56 Å². The number of fused-ring (bicyclic) bond motifs is 5. The fourth-order valence-electron chi connectivity index (χ4n) is 5.11. The van der Waals surface area contributed by atoms with E-state index in [9.17, 15) is 10.2 Å². The molecule has 2 aliphatic carbocycles. The minimum absolute atomic E-state index is 0.180. The predicted octanol–water partition coefficient (Wildman–Crippen LogP) is 5.05. The molecule has 2 aliphatic rings. The Bertz CT molecular complexity index is 975. The van der Waals surface area contributed by atoms with Gasteiger partial charge >= 0.3 is 0 Å². The van der Waals surface area contributed by atoms with Gasteiger partial charge in [0, 0.05) is 11.1 Å². The third-order valence-electron chi connectivity index (χ3n) is 6.17. The molecular weight excluding hydrogens is 338 g/mol. The van der Waals surface area contributed by atoms with Crippen LogP contribution in [0.2, 0.25) is 0 Å². The third-order valence-corrected chi connectivity index (χ3v) is 6.17. The van der Waals surface area contributed by atoms with Crippen LogP contribution in [0.3, 0.4) is 0 Å². The first-order valence-electron chi connectivity index (χ1n) is 9.63. The SMILES string of the molecule is CCOc1ccc(-n2c(O)c3c(c2O)C2CC3CC2c2ccccc2)cc1. The molecule has 4 nitrogen and oxygen atoms in total. The predicted molar refractivity (Wildman–Crippen MR) is 104 cm³/mol. The van der Waals surface area contributed by atoms with E-state index in [0.717, 1.165) is 35.4 Å². The van der Waals surface area contributed by atoms with Gasteiger partial charge in [0.05, 0.1) is 12.3 Å². The number of aromatic nitrogens is 1. The maximum absolute atomic E-state index is 11.0. The molecule has 2 N–H and O–H groups in total. The molecule has 2 bridgehead atoms. The zero-order valence-corrected chi connectivity index (χ0v) is 15.3. The molecule has 1 aromatic heterocycles. The van der Waals surface area contributed by atoms with Crippen molar-refractivity contribution in [3.05, 3.63) is 71.3 Å². The van der Waals surface area contributed by atoms with Crippen molar-refractivity contribution in [3.63, 3.8) is 0 Å². The van der Waals surface area contributed by atoms with Crippen LogP contribution in [0.4, 0.5) is 0 Å². The summed E-state index contributed by atoms with van der Waals surface area (Å²) in [5.41, 5.74) is 3.95. The summed E-state index contributed by atoms with van der Waals surface area (Å²) in [6.45, 7) is 2.55. The van der Waals surface area contributed by atoms with Crippen LogP contribution < -0.4 is 4.74 Å². The van der Waals surface area contributed by atoms with Gasteiger partial charge in [0.25, 0.3) is 0 Å². The molecule has 2 aromatic carbocycles. The van der Waals surface area contributed by atoms with Gasteiger partial charge in [-0.3, -0.25) is 4.57 Å². The van der Waals surface area contributed by atoms with E-state index in [1.807, 2.05) is 37.3 Å². The Morgan fingerprint density at radius 3 is 2.26 bits per heavy atom. The highest BCUT2D eigenvalue weighted by Gasteiger charge is 2.49. The van der Waals surface area contributed by atoms with Crippen molar-refractivity contribution >= 4 is 0 Å². The van der Waals surface area contributed by atoms with Gasteiger partial charge in [-0.15, -0.1) is 0 Å². The number of nitrogens with zero attached hydrogens (tertiary/aromatic N) is 1. The van der Waals surface area contributed by atoms with Gasteiger partial charge < -0.3 is 14.9 Å². The Morgan fingerprint density at radius 1 is 0.889 bits per heavy atom. The highest BCUT2D eigenvalue weighted by molar-refractivity contribution is 5.61. The van der Waals surface area contributed by atoms with Crippen LogP contribution in [0.25, 0.3) is 5.69 Å². The van der Waals surface area contributed by atoms with E-state index in [1.54, 1.807) is 4.57 Å². The first kappa shape index (κ1) is 16.3. The van der Waals surface area contributed by atoms with Crippen LogP contribution in [-0.2, 0) is 0 Å². The van der Waals surface area contributed by atoms with Crippen molar-refractivity contribution < 1.29 is 14.9 Å². The quantitative estimate of drug-likeness (QED) is 0.684. The first-order chi connectivity index (χ1) is 13.2. The van der Waals surface area contributed by atoms with E-state index in [-0.39, 0.29) is 17.7 Å². The summed E-state index contributed by atoms with van der Waals surface area (Å²) in [5, 5.41) is 21.9. The van der Waals surface area contributed by atoms with Gasteiger partial charge in [0.2, 0.25) is 11.8 Å². The molecule has 27 heavy (non-hydrogen) atoms. The van der Waals surface area contributed by atoms with E-state index in [0.29, 0.717) is 18.4 Å². The molecule has 1 saturated carbocycles. The smallest absolute Gasteiger partial charge is 0.202 e. The molecular formula is C23H23NO3. The summed E-state index contributed by atoms with van der Waals surface area (Å²) >= 11 is 0. The normalized spacial score (nSPS) is 22.8. The van der Waals surface area contributed by atoms with Crippen LogP contribution >= 0.6 is 0 Å². The Hall–Kier alpha value is -2.88. The number of hydrogen-bond donors (Lipinski definition) is 2. The number of ether oxygens (including phenoxy) is 1. The minimum atomic E-state index is 0.180. The Kier molecular flexibility index (Phi) is 3.67. The molecule has 0 aliphatic heterocycles. The average molecular weight is 361 g/mol. The van der Waals surface area contributed by atoms with E-state index < -0.39 is 0 Å². The summed E-state index contributed by atoms with van der Waals surface area (Å²) < 4.78 is 7.07. The van der Waals surface area contributed by atoms with Gasteiger partial charge in [-0.1, -0.05) is 30.3 Å². The number of rotatable bonds is 4. The minimum Gasteiger partial charge on any atom is -0.494 e. The van der Waals surface area contributed by atoms with E-state index in [4.69, 9.17) is 4.74 Å². The zero-order valence-electron chi connectivity index (χ0n) is 15.3. The van der Waals surface area contributed by atoms with Crippen LogP contribution in [-0.4, -0.2) is 21.4 Å². The second-order valence-electron chi connectivity index (χ2n) is 7.53. The molecule has 0 spiro atoms. The maximum atomic E-state index is 11.0. The largest absolute Gasteiger partial charge is 0.494 e. The Balaban J connectivity index is 1.55. The van der Waals surface area contributed by atoms with Crippen molar-refractivity contribution in [2.24, 2.45) is 0 Å². The standard InChI is InChI=1S/C23H23NO3/c1-2-27-17-10-8-16(9-11-17)24-22(25)20-15-12-18(14-6-4-3-5-7-14)19(13-15)21(20)23(24)26/h3-11,15,18-19,25-26H,2,12-13H2,1H3. The van der Waals surface area contributed by atoms with Crippen molar-refractivity contribution in [3.8, 4) is 23.2 Å². The number of benzene rings is 2. The van der Waals surface area contributed by atoms with Gasteiger partial charge in [-0.25, -0.2) is 0 Å². The molecule has 3 unspecified atom stereocenters. The van der Waals surface area contributed by atoms with Gasteiger partial charge in [-0.2, -0.15) is 0 Å². The van der Waals surface area contributed by atoms with Crippen molar-refractivity contribution in [2.75, 3.05) is 6.61 Å². The molecule has 3 atom stereocenters. The van der Waals surface area contributed by atoms with Crippen LogP contribution in [0, 0.1) is 0 Å². The molecule has 138 valence electrons. The van der Waals surface area contributed by atoms with Crippen molar-refractivity contribution in [2.45, 2.75) is 37.5 Å². The third kappa shape index (κ3) is 2.36. The molecule has 3 aromatic rings. The molecule has 0 radical (unpaired) electrons. The van der Waals surface area contributed by atoms with Crippen molar-refractivity contribution in [1.82, 2.24) is 4.57 Å². The molecule has 0 amide bonds. The Labute approximate surface area is 158 Å². The summed E-state index contributed by atoms with van der Waals surface area (Å²) in [4.78, 5) is 0. The van der Waals surface area contributed by atoms with Crippen LogP contribution in [0.15, 0.2) is 54.6 Å². The molecule has 0 saturated heterocycles. The van der Waals surface area contributed by atoms with Gasteiger partial charge in [0.15, 0.2) is 0 Å². The van der Waals surface area contributed by atoms with Gasteiger partial charge in [0.1, 0.15) is 5.75 Å². The average Bonchev–Trinajstić information content (AvgIpc) is 3.35. The fraction of sp³-hybridized carbons (Fsp3) is 0.304. The monoisotopic (exact) mass is 361 g/mol. The fourth-order valence-corrected chi connectivity index (χ4v) is 5.11. The topological polar surface area (TPSA) is 54.6 Å². The second-order valence-corrected chi connectivity index (χ2v) is 7.53. The first-order valence-corrected chi connectivity index (χ1v) is 9.63. The van der Waals surface area contributed by atoms with Crippen LogP contribution in [0.1, 0.15) is 54.2 Å². The van der Waals surface area contributed by atoms with Gasteiger partial charge in [-0.05, 0) is 67.3 Å². The lowest BCUT2D eigenvalue weighted by Crippen LogP contribution is -2.07. The number of aromatic hydroxyl groups is 2. The van der Waals surface area contributed by atoms with E-state index in [2.05, 4.69) is 24.3 Å². The lowest BCUT2D eigenvalue weighted by atomic mass is 9.81. The van der Waals surface area contributed by atoms with Crippen LogP contribution in [0.5, 0.6) is 17.5 Å². The Morgan fingerprint density at radius 2 is 1.56 bits per heavy atom. The molecule has 1 heterocycles. The van der Waals surface area contributed by atoms with E-state index >= 15 is 0 Å². The maximum Gasteiger partial charge on any atom is 0.202 e. The lowest BCUT2D eigenvalue weighted by molar-refractivity contribution is 0.340. The lowest BCUT2D eigenvalue weighted by Gasteiger charge is -2.22. The van der Waals surface area contributed by atoms with Crippen molar-refractivity contribution in [1.29, 1.82) is 0 Å². The molecule has 1 fully saturated rings. The number of hydrogen-bond acceptors (Lipinski definition) is 3. The molecule has 4 heteroatoms. The molecule has 5 rings (SSSR count). The summed E-state index contributed by atoms with van der Waals surface area (Å²) in [5.74, 6) is 2.13. The summed E-state index contributed by atoms with van der Waals surface area (Å²) in [7, 11) is 0. The summed E-state index contributed by atoms with van der Waals surface area (Å²) in [6, 6.07) is 18.0. The highest BCUT2D eigenvalue weighted by atomic mass is 16.5. The zero-order chi connectivity index (χ0) is 18.5. The second kappa shape index (κ2) is 6.08. The highest BCUT2D eigenvalue weighted by Crippen LogP contribution is 2.65.